The molecule has 1 aromatic rings. The van der Waals surface area contributed by atoms with E-state index in [1.807, 2.05) is 20.8 Å². The fourth-order valence-electron chi connectivity index (χ4n) is 3.54. The van der Waals surface area contributed by atoms with Crippen LogP contribution in [0, 0.1) is 0 Å². The van der Waals surface area contributed by atoms with Gasteiger partial charge in [0, 0.05) is 50.6 Å². The van der Waals surface area contributed by atoms with E-state index in [0.29, 0.717) is 19.6 Å². The lowest BCUT2D eigenvalue weighted by Gasteiger charge is -2.37. The maximum absolute atomic E-state index is 12.2. The molecule has 1 N–H and O–H groups in total. The fourth-order valence-corrected chi connectivity index (χ4v) is 3.54. The standard InChI is InChI=1S/C20H31N3O3/c1-20(2,3)26-19(25)22-13-11-21(12-14-22)16-6-8-17(9-7-16)23-10-4-5-18(24)15-23/h6-9,18,24H,4-5,10-15H2,1-3H3. The van der Waals surface area contributed by atoms with Gasteiger partial charge in [-0.25, -0.2) is 4.79 Å². The molecule has 1 aromatic carbocycles. The summed E-state index contributed by atoms with van der Waals surface area (Å²) in [5, 5.41) is 9.85. The van der Waals surface area contributed by atoms with E-state index in [1.165, 1.54) is 11.4 Å². The second-order valence-electron chi connectivity index (χ2n) is 8.21. The third kappa shape index (κ3) is 4.81. The van der Waals surface area contributed by atoms with Crippen molar-refractivity contribution in [3.05, 3.63) is 24.3 Å². The van der Waals surface area contributed by atoms with Crippen molar-refractivity contribution in [2.24, 2.45) is 0 Å². The quantitative estimate of drug-likeness (QED) is 0.878. The summed E-state index contributed by atoms with van der Waals surface area (Å²) in [6.07, 6.45) is 1.49. The summed E-state index contributed by atoms with van der Waals surface area (Å²) in [7, 11) is 0. The summed E-state index contributed by atoms with van der Waals surface area (Å²) in [6.45, 7) is 10.4. The number of β-amino-alcohol motifs (C(OH)–C–C–N with tert-alkyl or cyclic N) is 1. The summed E-state index contributed by atoms with van der Waals surface area (Å²) in [5.41, 5.74) is 1.89. The van der Waals surface area contributed by atoms with Crippen molar-refractivity contribution in [2.45, 2.75) is 45.3 Å². The van der Waals surface area contributed by atoms with Crippen LogP contribution in [0.15, 0.2) is 24.3 Å². The maximum atomic E-state index is 12.2. The van der Waals surface area contributed by atoms with Crippen molar-refractivity contribution in [1.82, 2.24) is 4.90 Å². The number of benzene rings is 1. The molecule has 0 bridgehead atoms. The molecule has 1 unspecified atom stereocenters. The fraction of sp³-hybridized carbons (Fsp3) is 0.650. The average Bonchev–Trinajstić information content (AvgIpc) is 2.61. The predicted octanol–water partition coefficient (Wildman–Crippen LogP) is 2.70. The third-order valence-corrected chi connectivity index (χ3v) is 4.91. The Hall–Kier alpha value is -1.95. The molecule has 2 heterocycles. The molecule has 0 radical (unpaired) electrons. The molecule has 0 saturated carbocycles. The van der Waals surface area contributed by atoms with Gasteiger partial charge in [0.05, 0.1) is 6.10 Å². The number of ether oxygens (including phenoxy) is 1. The van der Waals surface area contributed by atoms with Gasteiger partial charge in [0.25, 0.3) is 0 Å². The summed E-state index contributed by atoms with van der Waals surface area (Å²) in [4.78, 5) is 18.5. The lowest BCUT2D eigenvalue weighted by molar-refractivity contribution is 0.0240. The Morgan fingerprint density at radius 3 is 2.12 bits per heavy atom. The molecule has 6 heteroatoms. The van der Waals surface area contributed by atoms with Gasteiger partial charge >= 0.3 is 6.09 Å². The molecule has 0 spiro atoms. The van der Waals surface area contributed by atoms with Gasteiger partial charge in [0.15, 0.2) is 0 Å². The number of hydrogen-bond donors (Lipinski definition) is 1. The molecule has 2 aliphatic rings. The van der Waals surface area contributed by atoms with E-state index >= 15 is 0 Å². The van der Waals surface area contributed by atoms with Gasteiger partial charge in [0.2, 0.25) is 0 Å². The number of piperidine rings is 1. The first-order chi connectivity index (χ1) is 12.3. The number of nitrogens with zero attached hydrogens (tertiary/aromatic N) is 3. The van der Waals surface area contributed by atoms with Crippen molar-refractivity contribution in [3.63, 3.8) is 0 Å². The Bertz CT molecular complexity index is 604. The molecule has 1 atom stereocenters. The highest BCUT2D eigenvalue weighted by molar-refractivity contribution is 5.68. The number of anilines is 2. The Balaban J connectivity index is 1.54. The van der Waals surface area contributed by atoms with Crippen molar-refractivity contribution in [3.8, 4) is 0 Å². The van der Waals surface area contributed by atoms with Gasteiger partial charge in [-0.1, -0.05) is 0 Å². The number of piperazine rings is 1. The van der Waals surface area contributed by atoms with Crippen LogP contribution in [-0.4, -0.2) is 67.1 Å². The Morgan fingerprint density at radius 2 is 1.58 bits per heavy atom. The van der Waals surface area contributed by atoms with Crippen LogP contribution in [0.5, 0.6) is 0 Å². The molecule has 6 nitrogen and oxygen atoms in total. The molecule has 2 fully saturated rings. The van der Waals surface area contributed by atoms with Crippen molar-refractivity contribution >= 4 is 17.5 Å². The van der Waals surface area contributed by atoms with E-state index < -0.39 is 5.60 Å². The van der Waals surface area contributed by atoms with Crippen molar-refractivity contribution in [1.29, 1.82) is 0 Å². The van der Waals surface area contributed by atoms with Crippen LogP contribution >= 0.6 is 0 Å². The predicted molar refractivity (Wildman–Crippen MR) is 104 cm³/mol. The van der Waals surface area contributed by atoms with Gasteiger partial charge in [0.1, 0.15) is 5.60 Å². The van der Waals surface area contributed by atoms with E-state index in [1.54, 1.807) is 4.90 Å². The van der Waals surface area contributed by atoms with E-state index in [2.05, 4.69) is 34.1 Å². The SMILES string of the molecule is CC(C)(C)OC(=O)N1CCN(c2ccc(N3CCCC(O)C3)cc2)CC1. The van der Waals surface area contributed by atoms with Gasteiger partial charge < -0.3 is 24.5 Å². The lowest BCUT2D eigenvalue weighted by Crippen LogP contribution is -2.50. The molecule has 144 valence electrons. The normalized spacial score (nSPS) is 21.7. The highest BCUT2D eigenvalue weighted by Crippen LogP contribution is 2.24. The third-order valence-electron chi connectivity index (χ3n) is 4.91. The van der Waals surface area contributed by atoms with Crippen LogP contribution < -0.4 is 9.80 Å². The van der Waals surface area contributed by atoms with E-state index in [-0.39, 0.29) is 12.2 Å². The number of amides is 1. The number of aliphatic hydroxyl groups is 1. The molecule has 2 aliphatic heterocycles. The Kier molecular flexibility index (Phi) is 5.61. The Morgan fingerprint density at radius 1 is 1.00 bits per heavy atom. The zero-order valence-corrected chi connectivity index (χ0v) is 16.1. The van der Waals surface area contributed by atoms with Crippen LogP contribution in [0.3, 0.4) is 0 Å². The van der Waals surface area contributed by atoms with Crippen molar-refractivity contribution < 1.29 is 14.6 Å². The van der Waals surface area contributed by atoms with E-state index in [4.69, 9.17) is 4.74 Å². The smallest absolute Gasteiger partial charge is 0.410 e. The number of carbonyl (C=O) groups is 1. The molecular weight excluding hydrogens is 330 g/mol. The lowest BCUT2D eigenvalue weighted by atomic mass is 10.1. The summed E-state index contributed by atoms with van der Waals surface area (Å²) < 4.78 is 5.45. The largest absolute Gasteiger partial charge is 0.444 e. The summed E-state index contributed by atoms with van der Waals surface area (Å²) in [6, 6.07) is 8.54. The first kappa shape index (κ1) is 18.8. The molecule has 2 saturated heterocycles. The minimum absolute atomic E-state index is 0.218. The van der Waals surface area contributed by atoms with Gasteiger partial charge in [-0.3, -0.25) is 0 Å². The second kappa shape index (κ2) is 7.74. The maximum Gasteiger partial charge on any atom is 0.410 e. The topological polar surface area (TPSA) is 56.2 Å². The van der Waals surface area contributed by atoms with E-state index in [0.717, 1.165) is 32.5 Å². The molecule has 0 aliphatic carbocycles. The number of carbonyl (C=O) groups excluding carboxylic acids is 1. The molecular formula is C20H31N3O3. The van der Waals surface area contributed by atoms with Crippen LogP contribution in [0.25, 0.3) is 0 Å². The number of hydrogen-bond acceptors (Lipinski definition) is 5. The van der Waals surface area contributed by atoms with Crippen LogP contribution in [0.1, 0.15) is 33.6 Å². The highest BCUT2D eigenvalue weighted by atomic mass is 16.6. The zero-order valence-electron chi connectivity index (χ0n) is 16.1. The zero-order chi connectivity index (χ0) is 18.7. The van der Waals surface area contributed by atoms with Crippen LogP contribution in [0.2, 0.25) is 0 Å². The minimum Gasteiger partial charge on any atom is -0.444 e. The second-order valence-corrected chi connectivity index (χ2v) is 8.21. The molecule has 0 aromatic heterocycles. The van der Waals surface area contributed by atoms with E-state index in [9.17, 15) is 9.90 Å². The summed E-state index contributed by atoms with van der Waals surface area (Å²) >= 11 is 0. The highest BCUT2D eigenvalue weighted by Gasteiger charge is 2.26. The molecule has 26 heavy (non-hydrogen) atoms. The summed E-state index contributed by atoms with van der Waals surface area (Å²) in [5.74, 6) is 0. The van der Waals surface area contributed by atoms with Crippen molar-refractivity contribution in [2.75, 3.05) is 49.1 Å². The van der Waals surface area contributed by atoms with Gasteiger partial charge in [-0.05, 0) is 57.9 Å². The van der Waals surface area contributed by atoms with Gasteiger partial charge in [-0.2, -0.15) is 0 Å². The molecule has 1 amide bonds. The van der Waals surface area contributed by atoms with Crippen LogP contribution in [0.4, 0.5) is 16.2 Å². The Labute approximate surface area is 156 Å². The first-order valence-corrected chi connectivity index (χ1v) is 9.58. The average molecular weight is 361 g/mol. The monoisotopic (exact) mass is 361 g/mol. The number of aliphatic hydroxyl groups excluding tert-OH is 1. The number of rotatable bonds is 2. The van der Waals surface area contributed by atoms with Gasteiger partial charge in [-0.15, -0.1) is 0 Å². The first-order valence-electron chi connectivity index (χ1n) is 9.58. The van der Waals surface area contributed by atoms with Crippen LogP contribution in [-0.2, 0) is 4.74 Å². The molecule has 3 rings (SSSR count). The minimum atomic E-state index is -0.452.